The van der Waals surface area contributed by atoms with Gasteiger partial charge >= 0.3 is 0 Å². The predicted molar refractivity (Wildman–Crippen MR) is 60.9 cm³/mol. The molecule has 1 heterocycles. The minimum Gasteiger partial charge on any atom is -0.303 e. The van der Waals surface area contributed by atoms with Crippen molar-refractivity contribution in [3.8, 4) is 0 Å². The molecule has 84 valence electrons. The first-order valence-corrected chi connectivity index (χ1v) is 5.34. The van der Waals surface area contributed by atoms with Crippen LogP contribution in [0.3, 0.4) is 0 Å². The molecule has 2 rings (SSSR count). The molecule has 5 nitrogen and oxygen atoms in total. The molecule has 1 unspecified atom stereocenters. The summed E-state index contributed by atoms with van der Waals surface area (Å²) in [6.45, 7) is 2.66. The Bertz CT molecular complexity index is 425. The van der Waals surface area contributed by atoms with Crippen LogP contribution in [0.1, 0.15) is 24.4 Å². The third-order valence-electron chi connectivity index (χ3n) is 2.33. The highest BCUT2D eigenvalue weighted by molar-refractivity contribution is 6.30. The molecule has 0 bridgehead atoms. The largest absolute Gasteiger partial charge is 0.303 e. The number of aromatic amines is 1. The smallest absolute Gasteiger partial charge is 0.188 e. The number of rotatable bonds is 4. The van der Waals surface area contributed by atoms with Crippen LogP contribution in [0.25, 0.3) is 0 Å². The first kappa shape index (κ1) is 11.0. The predicted octanol–water partition coefficient (Wildman–Crippen LogP) is 1.70. The monoisotopic (exact) mass is 237 g/mol. The van der Waals surface area contributed by atoms with Gasteiger partial charge in [0.15, 0.2) is 5.82 Å². The summed E-state index contributed by atoms with van der Waals surface area (Å²) < 4.78 is 0. The van der Waals surface area contributed by atoms with Crippen molar-refractivity contribution < 1.29 is 0 Å². The molecule has 16 heavy (non-hydrogen) atoms. The minimum absolute atomic E-state index is 0.218. The Labute approximate surface area is 98.2 Å². The number of aromatic nitrogens is 4. The summed E-state index contributed by atoms with van der Waals surface area (Å²) in [5.74, 6) is 0.654. The van der Waals surface area contributed by atoms with Crippen molar-refractivity contribution in [2.75, 3.05) is 0 Å². The maximum atomic E-state index is 5.82. The Balaban J connectivity index is 1.93. The highest BCUT2D eigenvalue weighted by Crippen LogP contribution is 2.15. The number of H-pyrrole nitrogens is 1. The molecule has 1 atom stereocenters. The van der Waals surface area contributed by atoms with E-state index < -0.39 is 0 Å². The lowest BCUT2D eigenvalue weighted by atomic mass is 10.1. The number of nitrogens with zero attached hydrogens (tertiary/aromatic N) is 3. The van der Waals surface area contributed by atoms with Gasteiger partial charge in [0.1, 0.15) is 0 Å². The second-order valence-electron chi connectivity index (χ2n) is 3.48. The number of tetrazole rings is 1. The van der Waals surface area contributed by atoms with Crippen LogP contribution in [0.5, 0.6) is 0 Å². The molecule has 0 fully saturated rings. The van der Waals surface area contributed by atoms with Crippen molar-refractivity contribution in [3.63, 3.8) is 0 Å². The van der Waals surface area contributed by atoms with E-state index in [9.17, 15) is 0 Å². The van der Waals surface area contributed by atoms with Gasteiger partial charge in [0.25, 0.3) is 0 Å². The Hall–Kier alpha value is -1.46. The Morgan fingerprint density at radius 2 is 2.12 bits per heavy atom. The standard InChI is InChI=1S/C10H12ClN5/c1-7(8-2-4-9(11)5-3-8)12-6-10-13-15-16-14-10/h2-5,7,12H,6H2,1H3,(H,13,14,15,16). The fourth-order valence-electron chi connectivity index (χ4n) is 1.37. The normalized spacial score (nSPS) is 12.6. The first-order valence-electron chi connectivity index (χ1n) is 4.97. The van der Waals surface area contributed by atoms with Crippen molar-refractivity contribution in [2.45, 2.75) is 19.5 Å². The zero-order chi connectivity index (χ0) is 11.4. The van der Waals surface area contributed by atoms with Gasteiger partial charge in [-0.25, -0.2) is 0 Å². The minimum atomic E-state index is 0.218. The van der Waals surface area contributed by atoms with Gasteiger partial charge in [0.05, 0.1) is 6.54 Å². The summed E-state index contributed by atoms with van der Waals surface area (Å²) in [7, 11) is 0. The summed E-state index contributed by atoms with van der Waals surface area (Å²) in [4.78, 5) is 0. The Kier molecular flexibility index (Phi) is 3.48. The van der Waals surface area contributed by atoms with Crippen molar-refractivity contribution >= 4 is 11.6 Å². The van der Waals surface area contributed by atoms with E-state index in [2.05, 4.69) is 32.9 Å². The highest BCUT2D eigenvalue weighted by Gasteiger charge is 2.06. The summed E-state index contributed by atoms with van der Waals surface area (Å²) in [5, 5.41) is 17.7. The second kappa shape index (κ2) is 5.05. The molecule has 6 heteroatoms. The van der Waals surface area contributed by atoms with Crippen LogP contribution in [0.4, 0.5) is 0 Å². The number of hydrogen-bond acceptors (Lipinski definition) is 4. The number of benzene rings is 1. The van der Waals surface area contributed by atoms with Crippen LogP contribution in [0.15, 0.2) is 24.3 Å². The number of halogens is 1. The van der Waals surface area contributed by atoms with E-state index >= 15 is 0 Å². The Morgan fingerprint density at radius 1 is 1.38 bits per heavy atom. The summed E-state index contributed by atoms with van der Waals surface area (Å²) >= 11 is 5.82. The van der Waals surface area contributed by atoms with Crippen LogP contribution < -0.4 is 5.32 Å². The zero-order valence-electron chi connectivity index (χ0n) is 8.81. The fourth-order valence-corrected chi connectivity index (χ4v) is 1.50. The second-order valence-corrected chi connectivity index (χ2v) is 3.92. The number of nitrogens with one attached hydrogen (secondary N) is 2. The van der Waals surface area contributed by atoms with Crippen molar-refractivity contribution in [2.24, 2.45) is 0 Å². The van der Waals surface area contributed by atoms with Gasteiger partial charge in [-0.05, 0) is 24.6 Å². The lowest BCUT2D eigenvalue weighted by Crippen LogP contribution is -2.18. The van der Waals surface area contributed by atoms with Gasteiger partial charge in [-0.15, -0.1) is 10.2 Å². The topological polar surface area (TPSA) is 66.5 Å². The van der Waals surface area contributed by atoms with Crippen LogP contribution in [-0.4, -0.2) is 20.6 Å². The summed E-state index contributed by atoms with van der Waals surface area (Å²) in [5.41, 5.74) is 1.17. The molecular formula is C10H12ClN5. The van der Waals surface area contributed by atoms with Gasteiger partial charge < -0.3 is 5.32 Å². The highest BCUT2D eigenvalue weighted by atomic mass is 35.5. The lowest BCUT2D eigenvalue weighted by molar-refractivity contribution is 0.559. The van der Waals surface area contributed by atoms with Crippen LogP contribution in [-0.2, 0) is 6.54 Å². The van der Waals surface area contributed by atoms with E-state index in [1.54, 1.807) is 0 Å². The molecule has 0 saturated heterocycles. The Morgan fingerprint density at radius 3 is 2.75 bits per heavy atom. The van der Waals surface area contributed by atoms with E-state index in [4.69, 9.17) is 11.6 Å². The van der Waals surface area contributed by atoms with Crippen molar-refractivity contribution in [1.82, 2.24) is 25.9 Å². The molecule has 0 aliphatic carbocycles. The molecular weight excluding hydrogens is 226 g/mol. The molecule has 1 aromatic heterocycles. The zero-order valence-corrected chi connectivity index (χ0v) is 9.57. The molecule has 2 N–H and O–H groups in total. The molecule has 0 amide bonds. The van der Waals surface area contributed by atoms with Gasteiger partial charge in [-0.2, -0.15) is 5.21 Å². The van der Waals surface area contributed by atoms with E-state index in [0.717, 1.165) is 5.02 Å². The van der Waals surface area contributed by atoms with E-state index in [1.807, 2.05) is 24.3 Å². The summed E-state index contributed by atoms with van der Waals surface area (Å²) in [6.07, 6.45) is 0. The van der Waals surface area contributed by atoms with E-state index in [-0.39, 0.29) is 6.04 Å². The van der Waals surface area contributed by atoms with Crippen molar-refractivity contribution in [1.29, 1.82) is 0 Å². The van der Waals surface area contributed by atoms with Crippen LogP contribution >= 0.6 is 11.6 Å². The maximum Gasteiger partial charge on any atom is 0.188 e. The van der Waals surface area contributed by atoms with E-state index in [1.165, 1.54) is 5.56 Å². The van der Waals surface area contributed by atoms with Crippen LogP contribution in [0.2, 0.25) is 5.02 Å². The van der Waals surface area contributed by atoms with Crippen LogP contribution in [0, 0.1) is 0 Å². The summed E-state index contributed by atoms with van der Waals surface area (Å²) in [6, 6.07) is 7.97. The average Bonchev–Trinajstić information content (AvgIpc) is 2.80. The van der Waals surface area contributed by atoms with Gasteiger partial charge in [0, 0.05) is 11.1 Å². The third-order valence-corrected chi connectivity index (χ3v) is 2.58. The molecule has 2 aromatic rings. The first-order chi connectivity index (χ1) is 7.75. The maximum absolute atomic E-state index is 5.82. The SMILES string of the molecule is CC(NCc1nn[nH]n1)c1ccc(Cl)cc1. The van der Waals surface area contributed by atoms with E-state index in [0.29, 0.717) is 12.4 Å². The molecule has 0 aliphatic heterocycles. The van der Waals surface area contributed by atoms with Gasteiger partial charge in [0.2, 0.25) is 0 Å². The van der Waals surface area contributed by atoms with Crippen molar-refractivity contribution in [3.05, 3.63) is 40.7 Å². The molecule has 1 aromatic carbocycles. The third kappa shape index (κ3) is 2.77. The molecule has 0 saturated carbocycles. The van der Waals surface area contributed by atoms with Gasteiger partial charge in [-0.3, -0.25) is 0 Å². The average molecular weight is 238 g/mol. The lowest BCUT2D eigenvalue weighted by Gasteiger charge is -2.12. The number of hydrogen-bond donors (Lipinski definition) is 2. The fraction of sp³-hybridized carbons (Fsp3) is 0.300. The molecule has 0 aliphatic rings. The molecule has 0 radical (unpaired) electrons. The quantitative estimate of drug-likeness (QED) is 0.850. The molecule has 0 spiro atoms. The van der Waals surface area contributed by atoms with Gasteiger partial charge in [-0.1, -0.05) is 28.9 Å².